The summed E-state index contributed by atoms with van der Waals surface area (Å²) in [6.07, 6.45) is 35.5. The predicted molar refractivity (Wildman–Crippen MR) is 206 cm³/mol. The molecule has 0 spiro atoms. The van der Waals surface area contributed by atoms with Gasteiger partial charge in [0.1, 0.15) is 6.61 Å². The van der Waals surface area contributed by atoms with Crippen LogP contribution in [0.25, 0.3) is 0 Å². The topological polar surface area (TPSA) is 134 Å². The quantitative estimate of drug-likeness (QED) is 0.0358. The van der Waals surface area contributed by atoms with Crippen molar-refractivity contribution in [3.05, 3.63) is 0 Å². The molecule has 10 heteroatoms. The number of phosphoric acid groups is 1. The Morgan fingerprint density at radius 2 is 0.860 bits per heavy atom. The molecule has 1 unspecified atom stereocenters. The van der Waals surface area contributed by atoms with Crippen molar-refractivity contribution < 1.29 is 37.6 Å². The first-order valence-electron chi connectivity index (χ1n) is 21.0. The molecule has 9 nitrogen and oxygen atoms in total. The maximum Gasteiger partial charge on any atom is 0.472 e. The summed E-state index contributed by atoms with van der Waals surface area (Å²) in [4.78, 5) is 34.8. The smallest absolute Gasteiger partial charge is 0.462 e. The fourth-order valence-corrected chi connectivity index (χ4v) is 6.87. The summed E-state index contributed by atoms with van der Waals surface area (Å²) in [5.41, 5.74) is 5.34. The number of nitrogens with two attached hydrogens (primary N) is 1. The van der Waals surface area contributed by atoms with E-state index in [-0.39, 0.29) is 38.6 Å². The average Bonchev–Trinajstić information content (AvgIpc) is 3.10. The van der Waals surface area contributed by atoms with Gasteiger partial charge in [-0.3, -0.25) is 18.6 Å². The SMILES string of the molecule is CCCCCCCCCCCCCCCCCCC(=O)O[C@H](COC(=O)CCCCCCCCCCCCCCC)COP(=O)(O)OCCN. The number of phosphoric ester groups is 1. The lowest BCUT2D eigenvalue weighted by Crippen LogP contribution is -2.29. The van der Waals surface area contributed by atoms with Crippen LogP contribution in [0.5, 0.6) is 0 Å². The van der Waals surface area contributed by atoms with Gasteiger partial charge in [0.2, 0.25) is 0 Å². The van der Waals surface area contributed by atoms with E-state index >= 15 is 0 Å². The van der Waals surface area contributed by atoms with E-state index in [2.05, 4.69) is 13.8 Å². The second kappa shape index (κ2) is 37.8. The molecule has 0 aromatic rings. The molecule has 0 aliphatic rings. The first-order valence-corrected chi connectivity index (χ1v) is 22.5. The molecule has 50 heavy (non-hydrogen) atoms. The maximum atomic E-state index is 12.6. The number of rotatable bonds is 40. The molecule has 0 saturated heterocycles. The van der Waals surface area contributed by atoms with Gasteiger partial charge in [0.15, 0.2) is 6.10 Å². The molecule has 3 N–H and O–H groups in total. The zero-order valence-electron chi connectivity index (χ0n) is 32.7. The van der Waals surface area contributed by atoms with E-state index in [1.54, 1.807) is 0 Å². The van der Waals surface area contributed by atoms with E-state index in [0.717, 1.165) is 32.1 Å². The van der Waals surface area contributed by atoms with Crippen LogP contribution in [0.2, 0.25) is 0 Å². The Morgan fingerprint density at radius 3 is 1.22 bits per heavy atom. The minimum Gasteiger partial charge on any atom is -0.462 e. The first kappa shape index (κ1) is 49.0. The van der Waals surface area contributed by atoms with Crippen LogP contribution in [0.15, 0.2) is 0 Å². The largest absolute Gasteiger partial charge is 0.472 e. The molecular formula is C40H80NO8P. The van der Waals surface area contributed by atoms with Crippen molar-refractivity contribution in [1.29, 1.82) is 0 Å². The van der Waals surface area contributed by atoms with E-state index in [9.17, 15) is 19.0 Å². The Kier molecular flexibility index (Phi) is 37.0. The molecule has 0 aliphatic carbocycles. The van der Waals surface area contributed by atoms with E-state index in [4.69, 9.17) is 24.3 Å². The molecule has 0 aliphatic heterocycles. The Bertz CT molecular complexity index is 799. The van der Waals surface area contributed by atoms with Crippen molar-refractivity contribution >= 4 is 19.8 Å². The first-order chi connectivity index (χ1) is 24.3. The van der Waals surface area contributed by atoms with Crippen LogP contribution in [0.4, 0.5) is 0 Å². The maximum absolute atomic E-state index is 12.6. The molecule has 0 rings (SSSR count). The zero-order chi connectivity index (χ0) is 36.8. The van der Waals surface area contributed by atoms with Crippen molar-refractivity contribution in [1.82, 2.24) is 0 Å². The molecule has 2 atom stereocenters. The molecule has 0 fully saturated rings. The fourth-order valence-electron chi connectivity index (χ4n) is 6.11. The van der Waals surface area contributed by atoms with Gasteiger partial charge in [0, 0.05) is 19.4 Å². The number of hydrogen-bond donors (Lipinski definition) is 2. The average molecular weight is 734 g/mol. The second-order valence-corrected chi connectivity index (χ2v) is 15.7. The number of carbonyl (C=O) groups excluding carboxylic acids is 2. The van der Waals surface area contributed by atoms with E-state index in [0.29, 0.717) is 6.42 Å². The van der Waals surface area contributed by atoms with Gasteiger partial charge in [0.25, 0.3) is 0 Å². The lowest BCUT2D eigenvalue weighted by Gasteiger charge is -2.19. The molecule has 0 aromatic heterocycles. The predicted octanol–water partition coefficient (Wildman–Crippen LogP) is 11.7. The molecule has 0 aromatic carbocycles. The van der Waals surface area contributed by atoms with Gasteiger partial charge in [-0.1, -0.05) is 187 Å². The van der Waals surface area contributed by atoms with Gasteiger partial charge < -0.3 is 20.1 Å². The monoisotopic (exact) mass is 734 g/mol. The second-order valence-electron chi connectivity index (χ2n) is 14.2. The van der Waals surface area contributed by atoms with Gasteiger partial charge in [-0.05, 0) is 12.8 Å². The third kappa shape index (κ3) is 36.8. The van der Waals surface area contributed by atoms with Crippen LogP contribution < -0.4 is 5.73 Å². The third-order valence-corrected chi connectivity index (χ3v) is 10.2. The highest BCUT2D eigenvalue weighted by Crippen LogP contribution is 2.43. The Balaban J connectivity index is 4.12. The van der Waals surface area contributed by atoms with Crippen molar-refractivity contribution in [2.45, 2.75) is 219 Å². The Hall–Kier alpha value is -0.990. The summed E-state index contributed by atoms with van der Waals surface area (Å²) >= 11 is 0. The minimum absolute atomic E-state index is 0.0580. The molecule has 0 heterocycles. The Labute approximate surface area is 307 Å². The van der Waals surface area contributed by atoms with Crippen LogP contribution in [0.1, 0.15) is 213 Å². The third-order valence-electron chi connectivity index (χ3n) is 9.24. The number of hydrogen-bond acceptors (Lipinski definition) is 8. The fraction of sp³-hybridized carbons (Fsp3) is 0.950. The normalized spacial score (nSPS) is 13.3. The summed E-state index contributed by atoms with van der Waals surface area (Å²) in [6.45, 7) is 3.76. The summed E-state index contributed by atoms with van der Waals surface area (Å²) in [6, 6.07) is 0. The minimum atomic E-state index is -4.36. The summed E-state index contributed by atoms with van der Waals surface area (Å²) in [5.74, 6) is -0.814. The van der Waals surface area contributed by atoms with Crippen LogP contribution in [-0.4, -0.2) is 49.3 Å². The molecule has 0 saturated carbocycles. The number of unbranched alkanes of at least 4 members (excludes halogenated alkanes) is 27. The van der Waals surface area contributed by atoms with E-state index < -0.39 is 26.5 Å². The number of carbonyl (C=O) groups is 2. The van der Waals surface area contributed by atoms with Crippen molar-refractivity contribution in [2.75, 3.05) is 26.4 Å². The van der Waals surface area contributed by atoms with Crippen molar-refractivity contribution in [3.63, 3.8) is 0 Å². The number of esters is 2. The van der Waals surface area contributed by atoms with Gasteiger partial charge in [0.05, 0.1) is 13.2 Å². The Morgan fingerprint density at radius 1 is 0.520 bits per heavy atom. The van der Waals surface area contributed by atoms with Gasteiger partial charge in [-0.15, -0.1) is 0 Å². The summed E-state index contributed by atoms with van der Waals surface area (Å²) < 4.78 is 32.7. The molecule has 0 radical (unpaired) electrons. The summed E-state index contributed by atoms with van der Waals surface area (Å²) in [7, 11) is -4.36. The van der Waals surface area contributed by atoms with E-state index in [1.165, 1.54) is 148 Å². The van der Waals surface area contributed by atoms with E-state index in [1.807, 2.05) is 0 Å². The highest BCUT2D eigenvalue weighted by molar-refractivity contribution is 7.47. The molecule has 0 amide bonds. The van der Waals surface area contributed by atoms with Crippen LogP contribution in [0.3, 0.4) is 0 Å². The lowest BCUT2D eigenvalue weighted by atomic mass is 10.0. The van der Waals surface area contributed by atoms with Crippen LogP contribution in [0, 0.1) is 0 Å². The lowest BCUT2D eigenvalue weighted by molar-refractivity contribution is -0.161. The molecule has 0 bridgehead atoms. The van der Waals surface area contributed by atoms with Gasteiger partial charge in [-0.25, -0.2) is 4.57 Å². The highest BCUT2D eigenvalue weighted by atomic mass is 31.2. The van der Waals surface area contributed by atoms with Crippen LogP contribution in [-0.2, 0) is 32.7 Å². The zero-order valence-corrected chi connectivity index (χ0v) is 33.6. The van der Waals surface area contributed by atoms with Crippen molar-refractivity contribution in [3.8, 4) is 0 Å². The molecular weight excluding hydrogens is 653 g/mol. The van der Waals surface area contributed by atoms with Gasteiger partial charge in [-0.2, -0.15) is 0 Å². The molecule has 298 valence electrons. The number of ether oxygens (including phenoxy) is 2. The van der Waals surface area contributed by atoms with Gasteiger partial charge >= 0.3 is 19.8 Å². The standard InChI is InChI=1S/C40H80NO8P/c1-3-5-7-9-11-13-15-17-18-19-21-23-25-27-29-31-33-40(43)49-38(37-48-50(44,45)47-35-34-41)36-46-39(42)32-30-28-26-24-22-20-16-14-12-10-8-6-4-2/h38H,3-37,41H2,1-2H3,(H,44,45)/t38-/m1/s1. The van der Waals surface area contributed by atoms with Crippen molar-refractivity contribution in [2.24, 2.45) is 5.73 Å². The highest BCUT2D eigenvalue weighted by Gasteiger charge is 2.26. The van der Waals surface area contributed by atoms with Crippen LogP contribution >= 0.6 is 7.82 Å². The summed E-state index contributed by atoms with van der Waals surface area (Å²) in [5, 5.41) is 0.